The van der Waals surface area contributed by atoms with Gasteiger partial charge in [-0.2, -0.15) is 0 Å². The van der Waals surface area contributed by atoms with Crippen LogP contribution in [0.1, 0.15) is 35.2 Å². The molecule has 6 nitrogen and oxygen atoms in total. The lowest BCUT2D eigenvalue weighted by Crippen LogP contribution is -2.43. The Bertz CT molecular complexity index is 908. The van der Waals surface area contributed by atoms with Crippen LogP contribution in [0.5, 0.6) is 5.75 Å². The lowest BCUT2D eigenvalue weighted by atomic mass is 9.80. The second kappa shape index (κ2) is 7.84. The second-order valence-corrected chi connectivity index (χ2v) is 7.12. The monoisotopic (exact) mass is 379 g/mol. The summed E-state index contributed by atoms with van der Waals surface area (Å²) in [5.74, 6) is 0.116. The lowest BCUT2D eigenvalue weighted by molar-refractivity contribution is -0.132. The molecule has 1 fully saturated rings. The van der Waals surface area contributed by atoms with Crippen molar-refractivity contribution in [2.45, 2.75) is 38.4 Å². The number of pyridine rings is 1. The first kappa shape index (κ1) is 18.2. The number of aryl methyl sites for hydroxylation is 1. The van der Waals surface area contributed by atoms with Gasteiger partial charge in [0.05, 0.1) is 11.5 Å². The van der Waals surface area contributed by atoms with Crippen molar-refractivity contribution in [1.82, 2.24) is 4.98 Å². The highest BCUT2D eigenvalue weighted by Crippen LogP contribution is 2.35. The quantitative estimate of drug-likeness (QED) is 0.756. The number of Topliss-reactive ketones (excluding diaryl/α,β-unsaturated/α-hetero) is 1. The molecule has 2 aliphatic rings. The summed E-state index contributed by atoms with van der Waals surface area (Å²) >= 11 is 0. The normalized spacial score (nSPS) is 23.8. The Morgan fingerprint density at radius 2 is 2.00 bits per heavy atom. The highest BCUT2D eigenvalue weighted by molar-refractivity contribution is 5.96. The number of fused-ring (bicyclic) bond motifs is 1. The summed E-state index contributed by atoms with van der Waals surface area (Å²) in [6.07, 6.45) is 5.61. The van der Waals surface area contributed by atoms with E-state index in [9.17, 15) is 9.59 Å². The van der Waals surface area contributed by atoms with Gasteiger partial charge < -0.3 is 14.2 Å². The summed E-state index contributed by atoms with van der Waals surface area (Å²) in [5, 5.41) is 0. The molecule has 0 spiro atoms. The zero-order chi connectivity index (χ0) is 19.5. The Balaban J connectivity index is 1.39. The first-order valence-corrected chi connectivity index (χ1v) is 9.35. The Kier molecular flexibility index (Phi) is 5.10. The highest BCUT2D eigenvalue weighted by atomic mass is 16.6. The molecule has 144 valence electrons. The van der Waals surface area contributed by atoms with Crippen LogP contribution in [0.3, 0.4) is 0 Å². The molecule has 0 radical (unpaired) electrons. The zero-order valence-electron chi connectivity index (χ0n) is 15.5. The third kappa shape index (κ3) is 3.91. The maximum absolute atomic E-state index is 12.8. The van der Waals surface area contributed by atoms with Crippen LogP contribution < -0.4 is 4.74 Å². The third-order valence-electron chi connectivity index (χ3n) is 5.08. The Hall–Kier alpha value is -3.15. The van der Waals surface area contributed by atoms with Gasteiger partial charge in [-0.3, -0.25) is 9.78 Å². The van der Waals surface area contributed by atoms with Crippen molar-refractivity contribution in [3.63, 3.8) is 0 Å². The maximum Gasteiger partial charge on any atom is 0.338 e. The number of allylic oxidation sites excluding steroid dienone is 1. The van der Waals surface area contributed by atoms with Gasteiger partial charge in [0.25, 0.3) is 0 Å². The minimum atomic E-state index is -0.382. The van der Waals surface area contributed by atoms with E-state index in [-0.39, 0.29) is 35.6 Å². The number of ketones is 1. The number of rotatable bonds is 4. The van der Waals surface area contributed by atoms with Gasteiger partial charge in [0, 0.05) is 18.8 Å². The fourth-order valence-corrected chi connectivity index (χ4v) is 3.63. The number of esters is 1. The third-order valence-corrected chi connectivity index (χ3v) is 5.08. The van der Waals surface area contributed by atoms with E-state index in [1.165, 1.54) is 6.26 Å². The predicted molar refractivity (Wildman–Crippen MR) is 101 cm³/mol. The van der Waals surface area contributed by atoms with Crippen molar-refractivity contribution in [3.05, 3.63) is 71.9 Å². The van der Waals surface area contributed by atoms with Gasteiger partial charge in [0.1, 0.15) is 24.2 Å². The number of ether oxygens (including phenoxy) is 3. The number of aromatic nitrogens is 1. The number of hydrogen-bond donors (Lipinski definition) is 0. The summed E-state index contributed by atoms with van der Waals surface area (Å²) in [6.45, 7) is 1.96. The minimum absolute atomic E-state index is 0.0586. The molecule has 3 unspecified atom stereocenters. The molecule has 0 N–H and O–H groups in total. The second-order valence-electron chi connectivity index (χ2n) is 7.12. The van der Waals surface area contributed by atoms with E-state index in [0.29, 0.717) is 30.6 Å². The predicted octanol–water partition coefficient (Wildman–Crippen LogP) is 3.60. The topological polar surface area (TPSA) is 74.7 Å². The van der Waals surface area contributed by atoms with Crippen LogP contribution in [0.4, 0.5) is 0 Å². The number of benzene rings is 1. The van der Waals surface area contributed by atoms with Crippen LogP contribution in [-0.4, -0.2) is 28.9 Å². The van der Waals surface area contributed by atoms with Crippen LogP contribution in [0.2, 0.25) is 0 Å². The van der Waals surface area contributed by atoms with Gasteiger partial charge in [-0.25, -0.2) is 4.79 Å². The minimum Gasteiger partial charge on any atom is -0.493 e. The van der Waals surface area contributed by atoms with Crippen molar-refractivity contribution < 1.29 is 23.8 Å². The molecule has 6 heteroatoms. The van der Waals surface area contributed by atoms with Gasteiger partial charge in [0.15, 0.2) is 0 Å². The molecule has 1 aliphatic carbocycles. The van der Waals surface area contributed by atoms with E-state index in [1.807, 2.05) is 31.2 Å². The van der Waals surface area contributed by atoms with Crippen molar-refractivity contribution >= 4 is 11.8 Å². The lowest BCUT2D eigenvalue weighted by Gasteiger charge is -2.36. The molecular formula is C22H21NO5. The molecule has 28 heavy (non-hydrogen) atoms. The number of hydrogen-bond acceptors (Lipinski definition) is 6. The summed E-state index contributed by atoms with van der Waals surface area (Å²) in [5.41, 5.74) is 1.52. The molecule has 0 amide bonds. The molecule has 1 saturated carbocycles. The average molecular weight is 379 g/mol. The largest absolute Gasteiger partial charge is 0.493 e. The van der Waals surface area contributed by atoms with Gasteiger partial charge in [0.2, 0.25) is 11.5 Å². The van der Waals surface area contributed by atoms with Crippen LogP contribution in [0.25, 0.3) is 0 Å². The SMILES string of the molecule is Cc1cccc(OC2=COC3CC(OC(=O)c4ccncc4)CCC3C2=O)c1. The molecule has 4 rings (SSSR count). The molecule has 1 aromatic carbocycles. The fourth-order valence-electron chi connectivity index (χ4n) is 3.63. The molecule has 0 bridgehead atoms. The fraction of sp³-hybridized carbons (Fsp3) is 0.318. The maximum atomic E-state index is 12.8. The Morgan fingerprint density at radius 1 is 1.18 bits per heavy atom. The standard InChI is InChI=1S/C22H21NO5/c1-14-3-2-4-16(11-14)27-20-13-26-19-12-17(5-6-18(19)21(20)24)28-22(25)15-7-9-23-10-8-15/h2-4,7-11,13,17-19H,5-6,12H2,1H3. The summed E-state index contributed by atoms with van der Waals surface area (Å²) in [6, 6.07) is 10.8. The average Bonchev–Trinajstić information content (AvgIpc) is 2.71. The van der Waals surface area contributed by atoms with E-state index in [1.54, 1.807) is 24.5 Å². The molecule has 0 saturated heterocycles. The van der Waals surface area contributed by atoms with Crippen molar-refractivity contribution in [3.8, 4) is 5.75 Å². The van der Waals surface area contributed by atoms with E-state index >= 15 is 0 Å². The molecule has 2 aromatic rings. The summed E-state index contributed by atoms with van der Waals surface area (Å²) in [4.78, 5) is 28.9. The summed E-state index contributed by atoms with van der Waals surface area (Å²) in [7, 11) is 0. The van der Waals surface area contributed by atoms with E-state index in [0.717, 1.165) is 5.56 Å². The molecule has 2 heterocycles. The van der Waals surface area contributed by atoms with Crippen molar-refractivity contribution in [1.29, 1.82) is 0 Å². The van der Waals surface area contributed by atoms with E-state index in [2.05, 4.69) is 4.98 Å². The Morgan fingerprint density at radius 3 is 2.79 bits per heavy atom. The van der Waals surface area contributed by atoms with Crippen LogP contribution in [0, 0.1) is 12.8 Å². The highest BCUT2D eigenvalue weighted by Gasteiger charge is 2.42. The van der Waals surface area contributed by atoms with Crippen LogP contribution in [-0.2, 0) is 14.3 Å². The molecule has 3 atom stereocenters. The van der Waals surface area contributed by atoms with Crippen molar-refractivity contribution in [2.75, 3.05) is 0 Å². The number of carbonyl (C=O) groups is 2. The van der Waals surface area contributed by atoms with Gasteiger partial charge >= 0.3 is 5.97 Å². The van der Waals surface area contributed by atoms with Gasteiger partial charge in [-0.1, -0.05) is 12.1 Å². The van der Waals surface area contributed by atoms with E-state index in [4.69, 9.17) is 14.2 Å². The summed E-state index contributed by atoms with van der Waals surface area (Å²) < 4.78 is 17.1. The number of carbonyl (C=O) groups excluding carboxylic acids is 2. The van der Waals surface area contributed by atoms with Crippen LogP contribution in [0.15, 0.2) is 60.8 Å². The van der Waals surface area contributed by atoms with Crippen LogP contribution >= 0.6 is 0 Å². The molecule has 1 aliphatic heterocycles. The number of nitrogens with zero attached hydrogens (tertiary/aromatic N) is 1. The Labute approximate surface area is 163 Å². The van der Waals surface area contributed by atoms with Gasteiger partial charge in [-0.05, 0) is 49.6 Å². The first-order chi connectivity index (χ1) is 13.6. The van der Waals surface area contributed by atoms with Gasteiger partial charge in [-0.15, -0.1) is 0 Å². The zero-order valence-corrected chi connectivity index (χ0v) is 15.5. The molecular weight excluding hydrogens is 358 g/mol. The van der Waals surface area contributed by atoms with E-state index < -0.39 is 0 Å². The molecule has 1 aromatic heterocycles. The smallest absolute Gasteiger partial charge is 0.338 e. The first-order valence-electron chi connectivity index (χ1n) is 9.35. The van der Waals surface area contributed by atoms with Crippen molar-refractivity contribution in [2.24, 2.45) is 5.92 Å².